The van der Waals surface area contributed by atoms with Gasteiger partial charge in [-0.15, -0.1) is 12.4 Å². The summed E-state index contributed by atoms with van der Waals surface area (Å²) >= 11 is 0. The lowest BCUT2D eigenvalue weighted by Crippen LogP contribution is -2.40. The molecule has 5 nitrogen and oxygen atoms in total. The van der Waals surface area contributed by atoms with Crippen LogP contribution in [0.3, 0.4) is 0 Å². The number of para-hydroxylation sites is 1. The number of hydrogen-bond donors (Lipinski definition) is 1. The van der Waals surface area contributed by atoms with E-state index < -0.39 is 0 Å². The predicted molar refractivity (Wildman–Crippen MR) is 115 cm³/mol. The minimum atomic E-state index is 0. The molecule has 2 fully saturated rings. The fraction of sp³-hybridized carbons (Fsp3) is 0.591. The standard InChI is InChI=1S/C22H31N3O2.ClH/c26-22(24-13-15-27-16-14-24)20-17-25(21-7-2-1-6-19(20)21)12-4-3-5-18-8-10-23-11-9-18;/h1-2,6-7,17-18,23H,3-5,8-16H2;1H. The van der Waals surface area contributed by atoms with Gasteiger partial charge in [0.15, 0.2) is 0 Å². The van der Waals surface area contributed by atoms with E-state index in [1.54, 1.807) is 0 Å². The Morgan fingerprint density at radius 2 is 1.86 bits per heavy atom. The van der Waals surface area contributed by atoms with Crippen LogP contribution in [0.25, 0.3) is 10.9 Å². The molecule has 1 amide bonds. The molecular weight excluding hydrogens is 374 g/mol. The number of fused-ring (bicyclic) bond motifs is 1. The molecule has 2 aromatic rings. The van der Waals surface area contributed by atoms with E-state index in [0.717, 1.165) is 23.4 Å². The largest absolute Gasteiger partial charge is 0.378 e. The fourth-order valence-electron chi connectivity index (χ4n) is 4.42. The Balaban J connectivity index is 0.00000225. The van der Waals surface area contributed by atoms with E-state index in [0.29, 0.717) is 26.3 Å². The molecule has 0 spiro atoms. The zero-order valence-corrected chi connectivity index (χ0v) is 17.4. The number of nitrogens with one attached hydrogen (secondary N) is 1. The van der Waals surface area contributed by atoms with Crippen molar-refractivity contribution in [3.63, 3.8) is 0 Å². The van der Waals surface area contributed by atoms with Gasteiger partial charge in [0.25, 0.3) is 5.91 Å². The van der Waals surface area contributed by atoms with Crippen molar-refractivity contribution in [1.82, 2.24) is 14.8 Å². The number of hydrogen-bond acceptors (Lipinski definition) is 3. The van der Waals surface area contributed by atoms with Gasteiger partial charge in [-0.25, -0.2) is 0 Å². The van der Waals surface area contributed by atoms with Crippen LogP contribution in [0.1, 0.15) is 42.5 Å². The van der Waals surface area contributed by atoms with Crippen LogP contribution >= 0.6 is 12.4 Å². The molecule has 2 aliphatic heterocycles. The van der Waals surface area contributed by atoms with Crippen LogP contribution in [0.5, 0.6) is 0 Å². The summed E-state index contributed by atoms with van der Waals surface area (Å²) in [6.45, 7) is 6.01. The van der Waals surface area contributed by atoms with Crippen molar-refractivity contribution in [3.05, 3.63) is 36.0 Å². The Labute approximate surface area is 173 Å². The highest BCUT2D eigenvalue weighted by Gasteiger charge is 2.22. The SMILES string of the molecule is Cl.O=C(c1cn(CCCCC2CCNCC2)c2ccccc12)N1CCOCC1. The summed E-state index contributed by atoms with van der Waals surface area (Å²) in [5, 5.41) is 4.52. The number of carbonyl (C=O) groups excluding carboxylic acids is 1. The number of nitrogens with zero attached hydrogens (tertiary/aromatic N) is 2. The zero-order chi connectivity index (χ0) is 18.5. The number of aromatic nitrogens is 1. The molecule has 0 bridgehead atoms. The van der Waals surface area contributed by atoms with E-state index in [-0.39, 0.29) is 18.3 Å². The van der Waals surface area contributed by atoms with Crippen molar-refractivity contribution >= 4 is 29.2 Å². The summed E-state index contributed by atoms with van der Waals surface area (Å²) in [6.07, 6.45) is 8.50. The van der Waals surface area contributed by atoms with E-state index in [1.165, 1.54) is 50.7 Å². The van der Waals surface area contributed by atoms with Gasteiger partial charge >= 0.3 is 0 Å². The molecule has 154 valence electrons. The summed E-state index contributed by atoms with van der Waals surface area (Å²) in [6, 6.07) is 8.31. The molecule has 1 aromatic carbocycles. The summed E-state index contributed by atoms with van der Waals surface area (Å²) in [4.78, 5) is 14.9. The topological polar surface area (TPSA) is 46.5 Å². The second-order valence-electron chi connectivity index (χ2n) is 7.85. The average molecular weight is 406 g/mol. The Morgan fingerprint density at radius 1 is 1.11 bits per heavy atom. The molecule has 4 rings (SSSR count). The first-order valence-electron chi connectivity index (χ1n) is 10.5. The second kappa shape index (κ2) is 10.3. The normalized spacial score (nSPS) is 18.2. The fourth-order valence-corrected chi connectivity index (χ4v) is 4.42. The van der Waals surface area contributed by atoms with Gasteiger partial charge in [-0.2, -0.15) is 0 Å². The van der Waals surface area contributed by atoms with Crippen LogP contribution in [0.15, 0.2) is 30.5 Å². The zero-order valence-electron chi connectivity index (χ0n) is 16.6. The number of amides is 1. The van der Waals surface area contributed by atoms with E-state index in [4.69, 9.17) is 4.74 Å². The molecule has 0 saturated carbocycles. The molecule has 0 radical (unpaired) electrons. The van der Waals surface area contributed by atoms with Crippen molar-refractivity contribution in [2.45, 2.75) is 38.6 Å². The average Bonchev–Trinajstić information content (AvgIpc) is 3.11. The van der Waals surface area contributed by atoms with Gasteiger partial charge in [0.2, 0.25) is 0 Å². The molecule has 6 heteroatoms. The first-order valence-corrected chi connectivity index (χ1v) is 10.5. The summed E-state index contributed by atoms with van der Waals surface area (Å²) in [5.74, 6) is 1.04. The van der Waals surface area contributed by atoms with Crippen molar-refractivity contribution in [2.75, 3.05) is 39.4 Å². The van der Waals surface area contributed by atoms with Gasteiger partial charge in [-0.05, 0) is 44.3 Å². The molecule has 1 N–H and O–H groups in total. The van der Waals surface area contributed by atoms with E-state index >= 15 is 0 Å². The minimum Gasteiger partial charge on any atom is -0.378 e. The maximum absolute atomic E-state index is 13.0. The lowest BCUT2D eigenvalue weighted by molar-refractivity contribution is 0.0304. The molecule has 3 heterocycles. The summed E-state index contributed by atoms with van der Waals surface area (Å²) in [5.41, 5.74) is 2.02. The number of ether oxygens (including phenoxy) is 1. The summed E-state index contributed by atoms with van der Waals surface area (Å²) in [7, 11) is 0. The lowest BCUT2D eigenvalue weighted by atomic mass is 9.92. The minimum absolute atomic E-state index is 0. The third kappa shape index (κ3) is 4.88. The predicted octanol–water partition coefficient (Wildman–Crippen LogP) is 3.71. The molecule has 28 heavy (non-hydrogen) atoms. The maximum Gasteiger partial charge on any atom is 0.256 e. The molecule has 0 unspecified atom stereocenters. The highest BCUT2D eigenvalue weighted by molar-refractivity contribution is 6.07. The monoisotopic (exact) mass is 405 g/mol. The molecule has 0 atom stereocenters. The Morgan fingerprint density at radius 3 is 2.64 bits per heavy atom. The third-order valence-electron chi connectivity index (χ3n) is 6.04. The number of aryl methyl sites for hydroxylation is 1. The van der Waals surface area contributed by atoms with Crippen LogP contribution in [-0.2, 0) is 11.3 Å². The van der Waals surface area contributed by atoms with Gasteiger partial charge < -0.3 is 19.5 Å². The molecular formula is C22H32ClN3O2. The smallest absolute Gasteiger partial charge is 0.256 e. The highest BCUT2D eigenvalue weighted by atomic mass is 35.5. The maximum atomic E-state index is 13.0. The van der Waals surface area contributed by atoms with Crippen molar-refractivity contribution in [3.8, 4) is 0 Å². The number of unbranched alkanes of at least 4 members (excludes halogenated alkanes) is 1. The number of benzene rings is 1. The number of carbonyl (C=O) groups is 1. The quantitative estimate of drug-likeness (QED) is 0.745. The van der Waals surface area contributed by atoms with Crippen LogP contribution in [-0.4, -0.2) is 54.8 Å². The first-order chi connectivity index (χ1) is 13.3. The Hall–Kier alpha value is -1.56. The number of piperidine rings is 1. The molecule has 2 aliphatic rings. The van der Waals surface area contributed by atoms with Crippen molar-refractivity contribution in [1.29, 1.82) is 0 Å². The van der Waals surface area contributed by atoms with Crippen molar-refractivity contribution < 1.29 is 9.53 Å². The third-order valence-corrected chi connectivity index (χ3v) is 6.04. The van der Waals surface area contributed by atoms with E-state index in [1.807, 2.05) is 11.0 Å². The van der Waals surface area contributed by atoms with Gasteiger partial charge in [-0.3, -0.25) is 4.79 Å². The van der Waals surface area contributed by atoms with Gasteiger partial charge in [0.1, 0.15) is 0 Å². The Kier molecular flexibility index (Phi) is 7.77. The summed E-state index contributed by atoms with van der Waals surface area (Å²) < 4.78 is 7.67. The van der Waals surface area contributed by atoms with Gasteiger partial charge in [0.05, 0.1) is 18.8 Å². The first kappa shape index (κ1) is 21.2. The lowest BCUT2D eigenvalue weighted by Gasteiger charge is -2.26. The number of halogens is 1. The van der Waals surface area contributed by atoms with Crippen LogP contribution in [0.4, 0.5) is 0 Å². The van der Waals surface area contributed by atoms with Gasteiger partial charge in [-0.1, -0.05) is 31.0 Å². The molecule has 1 aromatic heterocycles. The van der Waals surface area contributed by atoms with Gasteiger partial charge in [0, 0.05) is 36.7 Å². The highest BCUT2D eigenvalue weighted by Crippen LogP contribution is 2.25. The number of morpholine rings is 1. The Bertz CT molecular complexity index is 764. The molecule has 2 saturated heterocycles. The number of rotatable bonds is 6. The van der Waals surface area contributed by atoms with Crippen LogP contribution < -0.4 is 5.32 Å². The van der Waals surface area contributed by atoms with Crippen molar-refractivity contribution in [2.24, 2.45) is 5.92 Å². The van der Waals surface area contributed by atoms with Crippen LogP contribution in [0, 0.1) is 5.92 Å². The van der Waals surface area contributed by atoms with E-state index in [2.05, 4.69) is 34.3 Å². The second-order valence-corrected chi connectivity index (χ2v) is 7.85. The van der Waals surface area contributed by atoms with Crippen LogP contribution in [0.2, 0.25) is 0 Å². The van der Waals surface area contributed by atoms with E-state index in [9.17, 15) is 4.79 Å². The molecule has 0 aliphatic carbocycles.